The molecule has 0 saturated carbocycles. The first-order chi connectivity index (χ1) is 15.3. The maximum Gasteiger partial charge on any atom is 0.266 e. The monoisotopic (exact) mass is 396 g/mol. The van der Waals surface area contributed by atoms with Gasteiger partial charge in [-0.3, -0.25) is 9.20 Å². The number of aromatic nitrogens is 2. The fourth-order valence-corrected chi connectivity index (χ4v) is 5.04. The van der Waals surface area contributed by atoms with E-state index in [0.29, 0.717) is 11.0 Å². The summed E-state index contributed by atoms with van der Waals surface area (Å²) in [6.07, 6.45) is 0. The van der Waals surface area contributed by atoms with Gasteiger partial charge >= 0.3 is 0 Å². The van der Waals surface area contributed by atoms with Crippen molar-refractivity contribution in [3.8, 4) is 0 Å². The number of pyridine rings is 1. The smallest absolute Gasteiger partial charge is 0.266 e. The van der Waals surface area contributed by atoms with E-state index in [0.717, 1.165) is 43.4 Å². The Morgan fingerprint density at radius 1 is 0.516 bits per heavy atom. The number of para-hydroxylation sites is 1. The lowest BCUT2D eigenvalue weighted by Crippen LogP contribution is -2.16. The van der Waals surface area contributed by atoms with Crippen molar-refractivity contribution in [1.82, 2.24) is 9.38 Å². The molecule has 3 nitrogen and oxygen atoms in total. The fourth-order valence-electron chi connectivity index (χ4n) is 5.04. The van der Waals surface area contributed by atoms with E-state index in [1.165, 1.54) is 5.39 Å². The van der Waals surface area contributed by atoms with E-state index in [1.54, 1.807) is 0 Å². The van der Waals surface area contributed by atoms with Crippen molar-refractivity contribution in [2.24, 2.45) is 0 Å². The van der Waals surface area contributed by atoms with E-state index >= 15 is 0 Å². The molecule has 0 atom stereocenters. The molecule has 0 fully saturated rings. The summed E-state index contributed by atoms with van der Waals surface area (Å²) >= 11 is 0. The summed E-state index contributed by atoms with van der Waals surface area (Å²) in [5.74, 6) is 0. The molecule has 0 saturated heterocycles. The lowest BCUT2D eigenvalue weighted by Gasteiger charge is -2.16. The number of rotatable bonds is 0. The van der Waals surface area contributed by atoms with Gasteiger partial charge in [0.05, 0.1) is 16.4 Å². The second-order valence-corrected chi connectivity index (χ2v) is 7.95. The van der Waals surface area contributed by atoms with Gasteiger partial charge in [-0.2, -0.15) is 0 Å². The van der Waals surface area contributed by atoms with Crippen LogP contribution in [0, 0.1) is 0 Å². The number of benzene rings is 5. The van der Waals surface area contributed by atoms with Gasteiger partial charge in [0.25, 0.3) is 5.56 Å². The van der Waals surface area contributed by atoms with Crippen molar-refractivity contribution in [2.45, 2.75) is 0 Å². The Bertz CT molecular complexity index is 1910. The zero-order valence-electron chi connectivity index (χ0n) is 16.5. The minimum atomic E-state index is -0.0308. The maximum absolute atomic E-state index is 13.8. The van der Waals surface area contributed by atoms with Crippen LogP contribution in [0.5, 0.6) is 0 Å². The molecule has 7 rings (SSSR count). The van der Waals surface area contributed by atoms with Crippen LogP contribution in [0.15, 0.2) is 102 Å². The molecular formula is C28H16N2O. The maximum atomic E-state index is 13.8. The normalized spacial score (nSPS) is 12.0. The SMILES string of the molecule is O=c1c2ccccc2nc2c3ccccc3c3c4ccccc4c4ccccc4c3n12. The minimum absolute atomic E-state index is 0.0308. The number of nitrogens with zero attached hydrogens (tertiary/aromatic N) is 2. The molecule has 0 radical (unpaired) electrons. The van der Waals surface area contributed by atoms with Crippen molar-refractivity contribution < 1.29 is 0 Å². The predicted octanol–water partition coefficient (Wildman–Crippen LogP) is 6.46. The van der Waals surface area contributed by atoms with Gasteiger partial charge in [0, 0.05) is 16.2 Å². The highest BCUT2D eigenvalue weighted by Crippen LogP contribution is 2.39. The van der Waals surface area contributed by atoms with Crippen molar-refractivity contribution in [3.63, 3.8) is 0 Å². The van der Waals surface area contributed by atoms with Gasteiger partial charge in [-0.05, 0) is 33.7 Å². The molecule has 31 heavy (non-hydrogen) atoms. The van der Waals surface area contributed by atoms with Gasteiger partial charge in [-0.25, -0.2) is 4.98 Å². The molecule has 0 bridgehead atoms. The second kappa shape index (κ2) is 5.89. The van der Waals surface area contributed by atoms with Crippen LogP contribution >= 0.6 is 0 Å². The summed E-state index contributed by atoms with van der Waals surface area (Å²) < 4.78 is 1.83. The third kappa shape index (κ3) is 2.07. The summed E-state index contributed by atoms with van der Waals surface area (Å²) in [4.78, 5) is 18.8. The lowest BCUT2D eigenvalue weighted by atomic mass is 9.94. The molecule has 2 heterocycles. The summed E-state index contributed by atoms with van der Waals surface area (Å²) in [7, 11) is 0. The Labute approximate surface area is 176 Å². The van der Waals surface area contributed by atoms with E-state index in [4.69, 9.17) is 4.98 Å². The molecule has 0 aliphatic carbocycles. The van der Waals surface area contributed by atoms with Gasteiger partial charge in [-0.15, -0.1) is 0 Å². The van der Waals surface area contributed by atoms with E-state index < -0.39 is 0 Å². The predicted molar refractivity (Wildman–Crippen MR) is 129 cm³/mol. The van der Waals surface area contributed by atoms with Crippen molar-refractivity contribution in [3.05, 3.63) is 107 Å². The van der Waals surface area contributed by atoms with Crippen LogP contribution < -0.4 is 5.56 Å². The molecule has 5 aromatic carbocycles. The van der Waals surface area contributed by atoms with Gasteiger partial charge in [0.2, 0.25) is 0 Å². The Morgan fingerprint density at radius 3 is 1.71 bits per heavy atom. The van der Waals surface area contributed by atoms with Crippen LogP contribution in [0.3, 0.4) is 0 Å². The molecule has 3 heteroatoms. The van der Waals surface area contributed by atoms with Gasteiger partial charge in [0.1, 0.15) is 5.65 Å². The number of hydrogen-bond acceptors (Lipinski definition) is 2. The Balaban J connectivity index is 1.99. The van der Waals surface area contributed by atoms with Gasteiger partial charge < -0.3 is 0 Å². The second-order valence-electron chi connectivity index (χ2n) is 7.95. The Morgan fingerprint density at radius 2 is 1.00 bits per heavy atom. The highest BCUT2D eigenvalue weighted by Gasteiger charge is 2.18. The van der Waals surface area contributed by atoms with Crippen molar-refractivity contribution in [1.29, 1.82) is 0 Å². The van der Waals surface area contributed by atoms with E-state index in [-0.39, 0.29) is 5.56 Å². The van der Waals surface area contributed by atoms with Crippen LogP contribution in [0.25, 0.3) is 59.8 Å². The molecule has 2 aromatic heterocycles. The van der Waals surface area contributed by atoms with E-state index in [9.17, 15) is 4.79 Å². The summed E-state index contributed by atoms with van der Waals surface area (Å²) in [5, 5.41) is 8.37. The molecule has 0 aliphatic heterocycles. The molecular weight excluding hydrogens is 380 g/mol. The highest BCUT2D eigenvalue weighted by molar-refractivity contribution is 6.31. The van der Waals surface area contributed by atoms with Crippen molar-refractivity contribution in [2.75, 3.05) is 0 Å². The summed E-state index contributed by atoms with van der Waals surface area (Å²) in [6, 6.07) is 32.7. The molecule has 0 N–H and O–H groups in total. The van der Waals surface area contributed by atoms with Crippen LogP contribution in [0.4, 0.5) is 0 Å². The third-order valence-corrected chi connectivity index (χ3v) is 6.34. The molecule has 0 unspecified atom stereocenters. The van der Waals surface area contributed by atoms with Gasteiger partial charge in [-0.1, -0.05) is 84.9 Å². The van der Waals surface area contributed by atoms with Gasteiger partial charge in [0.15, 0.2) is 0 Å². The average Bonchev–Trinajstić information content (AvgIpc) is 2.84. The first-order valence-corrected chi connectivity index (χ1v) is 10.4. The lowest BCUT2D eigenvalue weighted by molar-refractivity contribution is 1.15. The van der Waals surface area contributed by atoms with Crippen molar-refractivity contribution >= 4 is 59.8 Å². The Kier molecular flexibility index (Phi) is 3.15. The fraction of sp³-hybridized carbons (Fsp3) is 0. The summed E-state index contributed by atoms with van der Waals surface area (Å²) in [6.45, 7) is 0. The van der Waals surface area contributed by atoms with E-state index in [1.807, 2.05) is 40.8 Å². The number of fused-ring (bicyclic) bond motifs is 12. The molecule has 144 valence electrons. The summed E-state index contributed by atoms with van der Waals surface area (Å²) in [5.41, 5.74) is 2.32. The molecule has 0 aliphatic rings. The molecule has 7 aromatic rings. The zero-order valence-corrected chi connectivity index (χ0v) is 16.5. The zero-order chi connectivity index (χ0) is 20.5. The topological polar surface area (TPSA) is 34.4 Å². The van der Waals surface area contributed by atoms with Crippen LogP contribution in [0.2, 0.25) is 0 Å². The van der Waals surface area contributed by atoms with Crippen LogP contribution in [0.1, 0.15) is 0 Å². The molecule has 0 spiro atoms. The van der Waals surface area contributed by atoms with Crippen LogP contribution in [-0.2, 0) is 0 Å². The standard InChI is InChI=1S/C28H16N2O/c31-28-23-15-7-8-16-24(23)29-27-22-14-6-4-12-20(22)25-19-11-3-1-9-17(19)18-10-2-5-13-21(18)26(25)30(27)28/h1-16H. The first-order valence-electron chi connectivity index (χ1n) is 10.4. The number of hydrogen-bond donors (Lipinski definition) is 0. The van der Waals surface area contributed by atoms with E-state index in [2.05, 4.69) is 60.7 Å². The largest absolute Gasteiger partial charge is 0.268 e. The Hall–Kier alpha value is -4.24. The third-order valence-electron chi connectivity index (χ3n) is 6.34. The minimum Gasteiger partial charge on any atom is -0.268 e. The van der Waals surface area contributed by atoms with Crippen LogP contribution in [-0.4, -0.2) is 9.38 Å². The average molecular weight is 396 g/mol. The molecule has 0 amide bonds. The first kappa shape index (κ1) is 16.5. The quantitative estimate of drug-likeness (QED) is 0.218. The highest BCUT2D eigenvalue weighted by atomic mass is 16.1.